The molecule has 0 atom stereocenters. The van der Waals surface area contributed by atoms with Crippen molar-refractivity contribution >= 4 is 17.4 Å². The van der Waals surface area contributed by atoms with Crippen LogP contribution in [-0.4, -0.2) is 17.4 Å². The molecular weight excluding hydrogens is 234 g/mol. The molecule has 0 aliphatic rings. The van der Waals surface area contributed by atoms with Crippen LogP contribution in [0.15, 0.2) is 0 Å². The zero-order valence-electron chi connectivity index (χ0n) is 1.21. The smallest absolute Gasteiger partial charge is 0 e. The van der Waals surface area contributed by atoms with Crippen LogP contribution >= 0.6 is 0 Å². The predicted molar refractivity (Wildman–Crippen MR) is 9.94 cm³/mol. The molecule has 4 heavy (non-hydrogen) atoms. The van der Waals surface area contributed by atoms with E-state index in [1.165, 1.54) is 0 Å². The molecule has 27 valence electrons. The predicted octanol–water partition coefficient (Wildman–Crippen LogP) is -1.19. The van der Waals surface area contributed by atoms with Gasteiger partial charge in [-0.3, -0.25) is 0 Å². The second-order valence-corrected chi connectivity index (χ2v) is 0. The molecule has 0 rings (SSSR count). The normalized spacial score (nSPS) is 0. The molecule has 0 aromatic rings. The van der Waals surface area contributed by atoms with Crippen molar-refractivity contribution in [2.24, 2.45) is 0 Å². The Morgan fingerprint density at radius 3 is 1.00 bits per heavy atom. The number of rotatable bonds is 0. The van der Waals surface area contributed by atoms with Crippen molar-refractivity contribution in [3.05, 3.63) is 0 Å². The van der Waals surface area contributed by atoms with Crippen molar-refractivity contribution in [1.82, 2.24) is 0 Å². The van der Waals surface area contributed by atoms with Crippen molar-refractivity contribution in [3.8, 4) is 0 Å². The van der Waals surface area contributed by atoms with Crippen molar-refractivity contribution < 1.29 is 59.9 Å². The average Bonchev–Trinajstić information content (AvgIpc) is 0. The van der Waals surface area contributed by atoms with Gasteiger partial charge in [-0.05, 0) is 0 Å². The first-order chi connectivity index (χ1) is 0. The fourth-order valence-corrected chi connectivity index (χ4v) is 0. The molecule has 4 heteroatoms. The Kier molecular flexibility index (Phi) is 143. The first kappa shape index (κ1) is 31.9. The molecule has 0 aliphatic carbocycles. The molecular formula is H3AlCuMoTi. The maximum atomic E-state index is 0. The van der Waals surface area contributed by atoms with Gasteiger partial charge < -0.3 is 0 Å². The van der Waals surface area contributed by atoms with Crippen molar-refractivity contribution in [1.29, 1.82) is 0 Å². The monoisotopic (exact) mass is 239 g/mol. The Bertz CT molecular complexity index is 8.00. The third-order valence-electron chi connectivity index (χ3n) is 0. The Labute approximate surface area is 76.2 Å². The topological polar surface area (TPSA) is 0 Å². The molecule has 0 aromatic heterocycles. The summed E-state index contributed by atoms with van der Waals surface area (Å²) >= 11 is 0. The molecule has 0 nitrogen and oxygen atoms in total. The first-order valence-electron chi connectivity index (χ1n) is 0. The van der Waals surface area contributed by atoms with Gasteiger partial charge >= 0.3 is 0 Å². The van der Waals surface area contributed by atoms with Gasteiger partial charge in [-0.1, -0.05) is 0 Å². The second-order valence-electron chi connectivity index (χ2n) is 0. The van der Waals surface area contributed by atoms with Crippen LogP contribution in [0, 0.1) is 0 Å². The van der Waals surface area contributed by atoms with E-state index in [0.717, 1.165) is 0 Å². The zero-order valence-corrected chi connectivity index (χ0v) is 5.72. The number of hydrogen-bond donors (Lipinski definition) is 0. The molecule has 0 saturated carbocycles. The summed E-state index contributed by atoms with van der Waals surface area (Å²) in [4.78, 5) is 0. The Morgan fingerprint density at radius 1 is 1.00 bits per heavy atom. The number of hydrogen-bond acceptors (Lipinski definition) is 0. The molecule has 0 aliphatic heterocycles. The van der Waals surface area contributed by atoms with Gasteiger partial charge in [-0.15, -0.1) is 0 Å². The largest absolute Gasteiger partial charge is 0.187 e. The summed E-state index contributed by atoms with van der Waals surface area (Å²) in [5, 5.41) is 0. The minimum Gasteiger partial charge on any atom is 0 e. The van der Waals surface area contributed by atoms with Gasteiger partial charge in [-0.25, -0.2) is 0 Å². The Balaban J connectivity index is 0. The Hall–Kier alpha value is 2.45. The standard InChI is InChI=1S/Al.Cu.Mo.Ti.3H. The van der Waals surface area contributed by atoms with E-state index in [1.807, 2.05) is 0 Å². The minimum absolute atomic E-state index is 0. The SMILES string of the molecule is [AlH3].[Cu].[Mo].[Ti]. The molecule has 0 heterocycles. The second kappa shape index (κ2) is 18.0. The van der Waals surface area contributed by atoms with Crippen LogP contribution in [0.4, 0.5) is 0 Å². The van der Waals surface area contributed by atoms with Crippen LogP contribution in [0.25, 0.3) is 0 Å². The van der Waals surface area contributed by atoms with E-state index in [-0.39, 0.29) is 77.2 Å². The van der Waals surface area contributed by atoms with Gasteiger partial charge in [0.1, 0.15) is 0 Å². The maximum Gasteiger partial charge on any atom is 0.187 e. The molecule has 0 amide bonds. The summed E-state index contributed by atoms with van der Waals surface area (Å²) in [6.07, 6.45) is 0. The summed E-state index contributed by atoms with van der Waals surface area (Å²) in [6.45, 7) is 0. The van der Waals surface area contributed by atoms with E-state index < -0.39 is 0 Å². The van der Waals surface area contributed by atoms with E-state index in [2.05, 4.69) is 0 Å². The summed E-state index contributed by atoms with van der Waals surface area (Å²) in [5.74, 6) is 0. The molecule has 0 aromatic carbocycles. The third-order valence-corrected chi connectivity index (χ3v) is 0. The van der Waals surface area contributed by atoms with Crippen LogP contribution < -0.4 is 0 Å². The summed E-state index contributed by atoms with van der Waals surface area (Å²) < 4.78 is 0. The van der Waals surface area contributed by atoms with Crippen LogP contribution in [0.5, 0.6) is 0 Å². The van der Waals surface area contributed by atoms with Gasteiger partial charge in [0.2, 0.25) is 0 Å². The maximum absolute atomic E-state index is 0. The van der Waals surface area contributed by atoms with E-state index >= 15 is 0 Å². The molecule has 0 fully saturated rings. The molecule has 1 radical (unpaired) electrons. The van der Waals surface area contributed by atoms with Crippen LogP contribution in [-0.2, 0) is 59.9 Å². The van der Waals surface area contributed by atoms with Crippen molar-refractivity contribution in [2.75, 3.05) is 0 Å². The molecule has 0 spiro atoms. The van der Waals surface area contributed by atoms with Crippen molar-refractivity contribution in [3.63, 3.8) is 0 Å². The fourth-order valence-electron chi connectivity index (χ4n) is 0. The van der Waals surface area contributed by atoms with Gasteiger partial charge in [0.15, 0.2) is 17.4 Å². The fraction of sp³-hybridized carbons (Fsp3) is 0. The van der Waals surface area contributed by atoms with E-state index in [1.54, 1.807) is 0 Å². The molecule has 0 saturated heterocycles. The zero-order chi connectivity index (χ0) is 0. The quantitative estimate of drug-likeness (QED) is 0.465. The Morgan fingerprint density at radius 2 is 1.00 bits per heavy atom. The first-order valence-corrected chi connectivity index (χ1v) is 0. The van der Waals surface area contributed by atoms with Gasteiger partial charge in [-0.2, -0.15) is 0 Å². The third kappa shape index (κ3) is 8.82. The van der Waals surface area contributed by atoms with Crippen LogP contribution in [0.2, 0.25) is 0 Å². The average molecular weight is 237 g/mol. The molecule has 0 N–H and O–H groups in total. The summed E-state index contributed by atoms with van der Waals surface area (Å²) in [6, 6.07) is 0. The minimum atomic E-state index is 0. The van der Waals surface area contributed by atoms with Crippen LogP contribution in [0.1, 0.15) is 0 Å². The van der Waals surface area contributed by atoms with E-state index in [9.17, 15) is 0 Å². The molecule has 0 bridgehead atoms. The van der Waals surface area contributed by atoms with E-state index in [4.69, 9.17) is 0 Å². The molecule has 0 unspecified atom stereocenters. The van der Waals surface area contributed by atoms with E-state index in [0.29, 0.717) is 0 Å². The van der Waals surface area contributed by atoms with Crippen molar-refractivity contribution in [2.45, 2.75) is 0 Å². The van der Waals surface area contributed by atoms with Gasteiger partial charge in [0.05, 0.1) is 0 Å². The summed E-state index contributed by atoms with van der Waals surface area (Å²) in [5.41, 5.74) is 0. The van der Waals surface area contributed by atoms with Crippen LogP contribution in [0.3, 0.4) is 0 Å². The van der Waals surface area contributed by atoms with Gasteiger partial charge in [0.25, 0.3) is 0 Å². The van der Waals surface area contributed by atoms with Gasteiger partial charge in [0, 0.05) is 59.9 Å². The summed E-state index contributed by atoms with van der Waals surface area (Å²) in [7, 11) is 0.